The molecule has 0 radical (unpaired) electrons. The van der Waals surface area contributed by atoms with Crippen molar-refractivity contribution in [2.45, 2.75) is 0 Å². The Balaban J connectivity index is 2.59. The van der Waals surface area contributed by atoms with Crippen LogP contribution in [-0.4, -0.2) is 15.6 Å². The van der Waals surface area contributed by atoms with Crippen LogP contribution in [0.4, 0.5) is 4.39 Å². The molecule has 1 N–H and O–H groups in total. The van der Waals surface area contributed by atoms with Crippen LogP contribution in [-0.2, 0) is 0 Å². The Morgan fingerprint density at radius 2 is 2.12 bits per heavy atom. The van der Waals surface area contributed by atoms with Crippen molar-refractivity contribution < 1.29 is 14.3 Å². The maximum atomic E-state index is 13.6. The van der Waals surface area contributed by atoms with E-state index in [4.69, 9.17) is 16.7 Å². The van der Waals surface area contributed by atoms with Crippen molar-refractivity contribution in [3.05, 3.63) is 53.1 Å². The molecule has 0 unspecified atom stereocenters. The van der Waals surface area contributed by atoms with Crippen LogP contribution in [0.5, 0.6) is 0 Å². The third-order valence-electron chi connectivity index (χ3n) is 2.14. The van der Waals surface area contributed by atoms with Gasteiger partial charge in [0.05, 0.1) is 5.69 Å². The largest absolute Gasteiger partial charge is 0.477 e. The molecule has 0 aliphatic rings. The van der Waals surface area contributed by atoms with Gasteiger partial charge in [-0.3, -0.25) is 0 Å². The zero-order valence-electron chi connectivity index (χ0n) is 8.02. The van der Waals surface area contributed by atoms with Gasteiger partial charge < -0.3 is 9.67 Å². The number of carboxylic acid groups (broad SMARTS) is 1. The summed E-state index contributed by atoms with van der Waals surface area (Å²) >= 11 is 5.62. The van der Waals surface area contributed by atoms with Crippen LogP contribution >= 0.6 is 11.6 Å². The molecule has 1 heterocycles. The van der Waals surface area contributed by atoms with E-state index >= 15 is 0 Å². The van der Waals surface area contributed by atoms with E-state index in [2.05, 4.69) is 0 Å². The lowest BCUT2D eigenvalue weighted by molar-refractivity contribution is 0.0688. The maximum absolute atomic E-state index is 13.6. The second-order valence-corrected chi connectivity index (χ2v) is 3.60. The summed E-state index contributed by atoms with van der Waals surface area (Å²) in [4.78, 5) is 10.9. The molecule has 0 aliphatic heterocycles. The fraction of sp³-hybridized carbons (Fsp3) is 0. The van der Waals surface area contributed by atoms with E-state index in [-0.39, 0.29) is 16.4 Å². The summed E-state index contributed by atoms with van der Waals surface area (Å²) in [6.45, 7) is 0. The van der Waals surface area contributed by atoms with E-state index in [1.165, 1.54) is 35.0 Å². The number of halogens is 2. The number of rotatable bonds is 2. The highest BCUT2D eigenvalue weighted by molar-refractivity contribution is 6.30. The lowest BCUT2D eigenvalue weighted by Gasteiger charge is -2.07. The number of benzene rings is 1. The van der Waals surface area contributed by atoms with Crippen LogP contribution in [0, 0.1) is 5.82 Å². The van der Waals surface area contributed by atoms with E-state index in [1.54, 1.807) is 0 Å². The Morgan fingerprint density at radius 1 is 1.38 bits per heavy atom. The lowest BCUT2D eigenvalue weighted by atomic mass is 10.3. The van der Waals surface area contributed by atoms with Gasteiger partial charge >= 0.3 is 5.97 Å². The predicted octanol–water partition coefficient (Wildman–Crippen LogP) is 2.97. The zero-order valence-corrected chi connectivity index (χ0v) is 8.78. The molecule has 0 saturated carbocycles. The summed E-state index contributed by atoms with van der Waals surface area (Å²) in [5, 5.41) is 9.16. The molecule has 0 atom stereocenters. The monoisotopic (exact) mass is 239 g/mol. The average molecular weight is 240 g/mol. The van der Waals surface area contributed by atoms with Crippen molar-refractivity contribution in [3.63, 3.8) is 0 Å². The van der Waals surface area contributed by atoms with Crippen LogP contribution < -0.4 is 0 Å². The Bertz CT molecular complexity index is 551. The molecule has 0 amide bonds. The molecule has 2 aromatic rings. The molecule has 0 saturated heterocycles. The van der Waals surface area contributed by atoms with E-state index in [0.717, 1.165) is 6.07 Å². The van der Waals surface area contributed by atoms with Gasteiger partial charge in [0.1, 0.15) is 11.5 Å². The van der Waals surface area contributed by atoms with Crippen molar-refractivity contribution in [2.24, 2.45) is 0 Å². The third kappa shape index (κ3) is 1.79. The van der Waals surface area contributed by atoms with Crippen LogP contribution in [0.1, 0.15) is 10.5 Å². The van der Waals surface area contributed by atoms with Crippen molar-refractivity contribution in [3.8, 4) is 5.69 Å². The maximum Gasteiger partial charge on any atom is 0.352 e. The highest BCUT2D eigenvalue weighted by atomic mass is 35.5. The number of hydrogen-bond acceptors (Lipinski definition) is 1. The van der Waals surface area contributed by atoms with Gasteiger partial charge in [-0.2, -0.15) is 0 Å². The van der Waals surface area contributed by atoms with Crippen molar-refractivity contribution in [1.29, 1.82) is 0 Å². The minimum absolute atomic E-state index is 0.00113. The SMILES string of the molecule is O=C(O)c1cccn1-c1ccc(Cl)cc1F. The summed E-state index contributed by atoms with van der Waals surface area (Å²) in [6.07, 6.45) is 1.48. The third-order valence-corrected chi connectivity index (χ3v) is 2.37. The van der Waals surface area contributed by atoms with E-state index in [1.807, 2.05) is 0 Å². The van der Waals surface area contributed by atoms with Gasteiger partial charge in [0.2, 0.25) is 0 Å². The van der Waals surface area contributed by atoms with Crippen molar-refractivity contribution >= 4 is 17.6 Å². The molecule has 16 heavy (non-hydrogen) atoms. The zero-order chi connectivity index (χ0) is 11.7. The molecule has 0 fully saturated rings. The smallest absolute Gasteiger partial charge is 0.352 e. The fourth-order valence-corrected chi connectivity index (χ4v) is 1.60. The number of nitrogens with zero attached hydrogens (tertiary/aromatic N) is 1. The minimum atomic E-state index is -1.11. The van der Waals surface area contributed by atoms with Gasteiger partial charge in [0, 0.05) is 11.2 Å². The number of carboxylic acids is 1. The molecular formula is C11H7ClFNO2. The molecular weight excluding hydrogens is 233 g/mol. The van der Waals surface area contributed by atoms with Crippen molar-refractivity contribution in [1.82, 2.24) is 4.57 Å². The Kier molecular flexibility index (Phi) is 2.66. The van der Waals surface area contributed by atoms with Crippen LogP contribution in [0.3, 0.4) is 0 Å². The van der Waals surface area contributed by atoms with E-state index < -0.39 is 11.8 Å². The van der Waals surface area contributed by atoms with E-state index in [0.29, 0.717) is 0 Å². The average Bonchev–Trinajstić information content (AvgIpc) is 2.66. The first-order valence-electron chi connectivity index (χ1n) is 4.45. The summed E-state index contributed by atoms with van der Waals surface area (Å²) in [6, 6.07) is 7.02. The first-order valence-corrected chi connectivity index (χ1v) is 4.83. The van der Waals surface area contributed by atoms with Crippen LogP contribution in [0.25, 0.3) is 5.69 Å². The summed E-state index contributed by atoms with van der Waals surface area (Å²) < 4.78 is 14.8. The highest BCUT2D eigenvalue weighted by Gasteiger charge is 2.13. The van der Waals surface area contributed by atoms with Gasteiger partial charge in [-0.25, -0.2) is 9.18 Å². The number of carbonyl (C=O) groups is 1. The molecule has 0 spiro atoms. The predicted molar refractivity (Wildman–Crippen MR) is 57.7 cm³/mol. The second kappa shape index (κ2) is 3.98. The minimum Gasteiger partial charge on any atom is -0.477 e. The lowest BCUT2D eigenvalue weighted by Crippen LogP contribution is -2.07. The summed E-state index contributed by atoms with van der Waals surface area (Å²) in [7, 11) is 0. The van der Waals surface area contributed by atoms with Gasteiger partial charge in [-0.05, 0) is 30.3 Å². The van der Waals surface area contributed by atoms with Gasteiger partial charge in [0.15, 0.2) is 0 Å². The molecule has 0 aliphatic carbocycles. The van der Waals surface area contributed by atoms with Gasteiger partial charge in [-0.15, -0.1) is 0 Å². The molecule has 2 rings (SSSR count). The Labute approximate surface area is 95.7 Å². The summed E-state index contributed by atoms with van der Waals surface area (Å²) in [5.41, 5.74) is 0.160. The highest BCUT2D eigenvalue weighted by Crippen LogP contribution is 2.20. The molecule has 1 aromatic carbocycles. The Hall–Kier alpha value is -1.81. The molecule has 82 valence electrons. The molecule has 1 aromatic heterocycles. The quantitative estimate of drug-likeness (QED) is 0.876. The van der Waals surface area contributed by atoms with Crippen LogP contribution in [0.15, 0.2) is 36.5 Å². The number of hydrogen-bond donors (Lipinski definition) is 1. The normalized spacial score (nSPS) is 10.4. The second-order valence-electron chi connectivity index (χ2n) is 3.16. The standard InChI is InChI=1S/C11H7ClFNO2/c12-7-3-4-9(8(13)6-7)14-5-1-2-10(14)11(15)16/h1-6H,(H,15,16). The first-order chi connectivity index (χ1) is 7.59. The molecule has 0 bridgehead atoms. The molecule has 5 heteroatoms. The first kappa shape index (κ1) is 10.7. The molecule has 3 nitrogen and oxygen atoms in total. The topological polar surface area (TPSA) is 42.2 Å². The number of aromatic carboxylic acids is 1. The van der Waals surface area contributed by atoms with Gasteiger partial charge in [-0.1, -0.05) is 11.6 Å². The van der Waals surface area contributed by atoms with Crippen LogP contribution in [0.2, 0.25) is 5.02 Å². The number of aromatic nitrogens is 1. The fourth-order valence-electron chi connectivity index (χ4n) is 1.44. The van der Waals surface area contributed by atoms with Crippen molar-refractivity contribution in [2.75, 3.05) is 0 Å². The summed E-state index contributed by atoms with van der Waals surface area (Å²) in [5.74, 6) is -1.68. The Morgan fingerprint density at radius 3 is 2.75 bits per heavy atom. The van der Waals surface area contributed by atoms with Gasteiger partial charge in [0.25, 0.3) is 0 Å². The van der Waals surface area contributed by atoms with E-state index in [9.17, 15) is 9.18 Å².